The minimum absolute atomic E-state index is 0.00194. The van der Waals surface area contributed by atoms with Gasteiger partial charge in [-0.25, -0.2) is 25.3 Å². The molecule has 1 fully saturated rings. The lowest BCUT2D eigenvalue weighted by molar-refractivity contribution is 0.184. The number of aryl methyl sites for hydroxylation is 6. The topological polar surface area (TPSA) is 138 Å². The van der Waals surface area contributed by atoms with Crippen molar-refractivity contribution in [1.29, 1.82) is 0 Å². The van der Waals surface area contributed by atoms with E-state index in [-0.39, 0.29) is 21.2 Å². The zero-order valence-corrected chi connectivity index (χ0v) is 25.7. The molecule has 0 unspecified atom stereocenters. The van der Waals surface area contributed by atoms with Crippen molar-refractivity contribution in [2.45, 2.75) is 63.5 Å². The molecule has 1 saturated heterocycles. The normalized spacial score (nSPS) is 19.0. The lowest BCUT2D eigenvalue weighted by Gasteiger charge is -2.32. The molecule has 3 aromatic carbocycles. The van der Waals surface area contributed by atoms with Crippen LogP contribution in [0.1, 0.15) is 33.4 Å². The van der Waals surface area contributed by atoms with Gasteiger partial charge in [0.15, 0.2) is 9.84 Å². The van der Waals surface area contributed by atoms with E-state index in [0.717, 1.165) is 26.6 Å². The van der Waals surface area contributed by atoms with Gasteiger partial charge in [0, 0.05) is 5.69 Å². The molecule has 0 amide bonds. The summed E-state index contributed by atoms with van der Waals surface area (Å²) in [6, 6.07) is 11.1. The third-order valence-electron chi connectivity index (χ3n) is 7.38. The van der Waals surface area contributed by atoms with E-state index < -0.39 is 53.5 Å². The highest BCUT2D eigenvalue weighted by atomic mass is 32.2. The number of nitrogens with one attached hydrogen (secondary N) is 1. The summed E-state index contributed by atoms with van der Waals surface area (Å²) >= 11 is 0. The number of sulfone groups is 1. The largest absolute Gasteiger partial charge is 0.390 e. The highest BCUT2D eigenvalue weighted by Gasteiger charge is 2.45. The molecule has 1 heterocycles. The second-order valence-corrected chi connectivity index (χ2v) is 16.2. The number of hydrogen-bond acceptors (Lipinski definition) is 7. The predicted molar refractivity (Wildman–Crippen MR) is 157 cm³/mol. The Bertz CT molecular complexity index is 1800. The van der Waals surface area contributed by atoms with Crippen molar-refractivity contribution < 1.29 is 30.4 Å². The first-order valence-electron chi connectivity index (χ1n) is 12.6. The van der Waals surface area contributed by atoms with E-state index >= 15 is 0 Å². The summed E-state index contributed by atoms with van der Waals surface area (Å²) in [7, 11) is -12.0. The van der Waals surface area contributed by atoms with Crippen LogP contribution in [0.3, 0.4) is 0 Å². The summed E-state index contributed by atoms with van der Waals surface area (Å²) in [5.41, 5.74) is 4.81. The molecular formula is C28H34N2O7S3. The van der Waals surface area contributed by atoms with Crippen LogP contribution in [0.15, 0.2) is 58.3 Å². The minimum Gasteiger partial charge on any atom is -0.390 e. The fourth-order valence-corrected chi connectivity index (χ4v) is 10.2. The summed E-state index contributed by atoms with van der Waals surface area (Å²) in [6.45, 7) is 10.7. The fourth-order valence-electron chi connectivity index (χ4n) is 4.97. The zero-order valence-electron chi connectivity index (χ0n) is 23.3. The molecule has 12 heteroatoms. The van der Waals surface area contributed by atoms with Crippen molar-refractivity contribution in [2.75, 3.05) is 20.5 Å². The SMILES string of the molecule is Cc1cc(C)c(S(=O)(=O)Nc2ccc(N([C@@H]3CS(=O)(=O)C[C@@H]3O)S(=O)(=O)c3cc(C)c(C)cc3C)cc2)cc1C. The second kappa shape index (κ2) is 10.5. The van der Waals surface area contributed by atoms with E-state index in [1.165, 1.54) is 30.3 Å². The van der Waals surface area contributed by atoms with E-state index in [2.05, 4.69) is 4.72 Å². The van der Waals surface area contributed by atoms with Crippen molar-refractivity contribution in [3.63, 3.8) is 0 Å². The lowest BCUT2D eigenvalue weighted by atomic mass is 10.1. The van der Waals surface area contributed by atoms with Crippen molar-refractivity contribution in [1.82, 2.24) is 0 Å². The molecule has 0 aromatic heterocycles. The highest BCUT2D eigenvalue weighted by Crippen LogP contribution is 2.34. The van der Waals surface area contributed by atoms with Gasteiger partial charge in [-0.1, -0.05) is 12.1 Å². The summed E-state index contributed by atoms with van der Waals surface area (Å²) < 4.78 is 82.7. The van der Waals surface area contributed by atoms with Crippen molar-refractivity contribution in [3.05, 3.63) is 81.9 Å². The fraction of sp³-hybridized carbons (Fsp3) is 0.357. The van der Waals surface area contributed by atoms with Crippen LogP contribution in [0.4, 0.5) is 11.4 Å². The number of benzene rings is 3. The van der Waals surface area contributed by atoms with Crippen LogP contribution < -0.4 is 9.03 Å². The number of aliphatic hydroxyl groups is 1. The molecule has 3 aromatic rings. The van der Waals surface area contributed by atoms with Gasteiger partial charge in [0.1, 0.15) is 0 Å². The third-order valence-corrected chi connectivity index (χ3v) is 12.6. The van der Waals surface area contributed by atoms with E-state index in [4.69, 9.17) is 0 Å². The summed E-state index contributed by atoms with van der Waals surface area (Å²) in [4.78, 5) is 0.135. The smallest absolute Gasteiger partial charge is 0.264 e. The first kappa shape index (κ1) is 30.0. The Morgan fingerprint density at radius 1 is 0.725 bits per heavy atom. The first-order valence-corrected chi connectivity index (χ1v) is 17.4. The Morgan fingerprint density at radius 2 is 1.20 bits per heavy atom. The average molecular weight is 607 g/mol. The van der Waals surface area contributed by atoms with Gasteiger partial charge in [-0.15, -0.1) is 0 Å². The number of rotatable bonds is 7. The van der Waals surface area contributed by atoms with Crippen molar-refractivity contribution in [3.8, 4) is 0 Å². The molecule has 0 radical (unpaired) electrons. The Hall–Kier alpha value is -2.93. The average Bonchev–Trinajstić information content (AvgIpc) is 3.10. The summed E-state index contributed by atoms with van der Waals surface area (Å²) in [6.07, 6.45) is -1.43. The van der Waals surface area contributed by atoms with E-state index in [1.54, 1.807) is 39.0 Å². The van der Waals surface area contributed by atoms with Crippen LogP contribution in [-0.2, 0) is 29.9 Å². The molecule has 0 spiro atoms. The van der Waals surface area contributed by atoms with Gasteiger partial charge in [0.05, 0.1) is 39.1 Å². The van der Waals surface area contributed by atoms with E-state index in [9.17, 15) is 30.4 Å². The van der Waals surface area contributed by atoms with Crippen LogP contribution in [0.25, 0.3) is 0 Å². The van der Waals surface area contributed by atoms with E-state index in [1.807, 2.05) is 20.8 Å². The molecule has 4 rings (SSSR count). The maximum absolute atomic E-state index is 14.1. The molecular weight excluding hydrogens is 573 g/mol. The first-order chi connectivity index (χ1) is 18.4. The molecule has 0 aliphatic carbocycles. The molecule has 9 nitrogen and oxygen atoms in total. The quantitative estimate of drug-likeness (QED) is 0.418. The number of sulfonamides is 2. The second-order valence-electron chi connectivity index (χ2n) is 10.6. The molecule has 1 aliphatic rings. The maximum Gasteiger partial charge on any atom is 0.264 e. The zero-order chi connectivity index (χ0) is 29.8. The number of anilines is 2. The molecule has 1 aliphatic heterocycles. The molecule has 0 bridgehead atoms. The van der Waals surface area contributed by atoms with Crippen LogP contribution >= 0.6 is 0 Å². The number of nitrogens with zero attached hydrogens (tertiary/aromatic N) is 1. The van der Waals surface area contributed by atoms with Gasteiger partial charge < -0.3 is 5.11 Å². The van der Waals surface area contributed by atoms with Gasteiger partial charge in [0.2, 0.25) is 0 Å². The third kappa shape index (κ3) is 5.76. The van der Waals surface area contributed by atoms with Crippen LogP contribution in [0, 0.1) is 41.5 Å². The van der Waals surface area contributed by atoms with Gasteiger partial charge in [-0.05, 0) is 111 Å². The van der Waals surface area contributed by atoms with E-state index in [0.29, 0.717) is 11.1 Å². The van der Waals surface area contributed by atoms with Crippen LogP contribution in [0.5, 0.6) is 0 Å². The van der Waals surface area contributed by atoms with Gasteiger partial charge >= 0.3 is 0 Å². The molecule has 0 saturated carbocycles. The van der Waals surface area contributed by atoms with Crippen molar-refractivity contribution >= 4 is 41.3 Å². The van der Waals surface area contributed by atoms with Gasteiger partial charge in [0.25, 0.3) is 20.0 Å². The molecule has 40 heavy (non-hydrogen) atoms. The van der Waals surface area contributed by atoms with Gasteiger partial charge in [-0.3, -0.25) is 9.03 Å². The molecule has 216 valence electrons. The number of aliphatic hydroxyl groups excluding tert-OH is 1. The number of hydrogen-bond donors (Lipinski definition) is 2. The Kier molecular flexibility index (Phi) is 7.87. The predicted octanol–water partition coefficient (Wildman–Crippen LogP) is 3.69. The standard InChI is InChI=1S/C28H34N2O7S3/c1-17-11-21(5)27(13-19(17)3)39(34,35)29-23-7-9-24(10-8-23)30(25-15-38(32,33)16-26(25)31)40(36,37)28-14-20(4)18(2)12-22(28)6/h7-14,25-26,29,31H,15-16H2,1-6H3/t25-,26+/m1/s1. The lowest BCUT2D eigenvalue weighted by Crippen LogP contribution is -2.47. The molecule has 2 atom stereocenters. The Labute approximate surface area is 236 Å². The highest BCUT2D eigenvalue weighted by molar-refractivity contribution is 7.93. The summed E-state index contributed by atoms with van der Waals surface area (Å²) in [5.74, 6) is -1.10. The van der Waals surface area contributed by atoms with Gasteiger partial charge in [-0.2, -0.15) is 0 Å². The van der Waals surface area contributed by atoms with Crippen molar-refractivity contribution in [2.24, 2.45) is 0 Å². The summed E-state index contributed by atoms with van der Waals surface area (Å²) in [5, 5.41) is 10.7. The Balaban J connectivity index is 1.77. The maximum atomic E-state index is 14.1. The monoisotopic (exact) mass is 606 g/mol. The van der Waals surface area contributed by atoms with Crippen LogP contribution in [-0.4, -0.2) is 54.0 Å². The Morgan fingerprint density at radius 3 is 1.70 bits per heavy atom. The molecule has 2 N–H and O–H groups in total. The van der Waals surface area contributed by atoms with Crippen LogP contribution in [0.2, 0.25) is 0 Å². The minimum atomic E-state index is -4.33.